The monoisotopic (exact) mass is 344 g/mol. The molecule has 25 heavy (non-hydrogen) atoms. The van der Waals surface area contributed by atoms with Crippen LogP contribution in [0.25, 0.3) is 11.2 Å². The second-order valence-corrected chi connectivity index (χ2v) is 5.69. The molecule has 0 saturated carbocycles. The van der Waals surface area contributed by atoms with Crippen molar-refractivity contribution in [2.24, 2.45) is 14.1 Å². The van der Waals surface area contributed by atoms with Crippen LogP contribution in [0.1, 0.15) is 5.56 Å². The van der Waals surface area contributed by atoms with Crippen LogP contribution in [0, 0.1) is 0 Å². The van der Waals surface area contributed by atoms with E-state index in [1.54, 1.807) is 18.7 Å². The molecule has 0 spiro atoms. The van der Waals surface area contributed by atoms with Gasteiger partial charge in [-0.2, -0.15) is 4.98 Å². The van der Waals surface area contributed by atoms with E-state index in [-0.39, 0.29) is 6.01 Å². The first-order valence-corrected chi connectivity index (χ1v) is 7.86. The molecule has 0 aliphatic heterocycles. The van der Waals surface area contributed by atoms with Crippen LogP contribution in [0.4, 0.5) is 0 Å². The summed E-state index contributed by atoms with van der Waals surface area (Å²) in [6, 6.07) is 9.97. The number of fused-ring (bicyclic) bond motifs is 1. The molecule has 0 radical (unpaired) electrons. The molecular formula is C17H20N4O4. The molecule has 0 atom stereocenters. The summed E-state index contributed by atoms with van der Waals surface area (Å²) in [7, 11) is 4.62. The standard InChI is InChI=1S/C17H20N4O4/c1-19-14-13(15(22)20(2)17(19)23)21(11-12-7-5-4-6-8-12)16(18-14)25-10-9-24-3/h4-8H,9-11H2,1-3H3. The van der Waals surface area contributed by atoms with Crippen molar-refractivity contribution in [2.45, 2.75) is 6.54 Å². The van der Waals surface area contributed by atoms with E-state index in [2.05, 4.69) is 4.98 Å². The molecule has 1 aromatic carbocycles. The van der Waals surface area contributed by atoms with Crippen LogP contribution in [-0.4, -0.2) is 39.0 Å². The number of methoxy groups -OCH3 is 1. The lowest BCUT2D eigenvalue weighted by Gasteiger charge is -2.10. The van der Waals surface area contributed by atoms with Gasteiger partial charge in [-0.25, -0.2) is 4.79 Å². The molecule has 132 valence electrons. The van der Waals surface area contributed by atoms with Gasteiger partial charge >= 0.3 is 5.69 Å². The number of aromatic nitrogens is 4. The van der Waals surface area contributed by atoms with Gasteiger partial charge in [-0.1, -0.05) is 30.3 Å². The molecule has 0 N–H and O–H groups in total. The first-order chi connectivity index (χ1) is 12.0. The summed E-state index contributed by atoms with van der Waals surface area (Å²) in [5.41, 5.74) is 0.806. The second kappa shape index (κ2) is 6.94. The summed E-state index contributed by atoms with van der Waals surface area (Å²) in [4.78, 5) is 29.2. The van der Waals surface area contributed by atoms with E-state index < -0.39 is 11.2 Å². The molecule has 0 aliphatic rings. The van der Waals surface area contributed by atoms with Gasteiger partial charge in [0.1, 0.15) is 6.61 Å². The third-order valence-corrected chi connectivity index (χ3v) is 4.02. The SMILES string of the molecule is COCCOc1nc2c(c(=O)n(C)c(=O)n2C)n1Cc1ccccc1. The summed E-state index contributed by atoms with van der Waals surface area (Å²) in [5, 5.41) is 0. The summed E-state index contributed by atoms with van der Waals surface area (Å²) in [6.45, 7) is 1.10. The van der Waals surface area contributed by atoms with Gasteiger partial charge in [0.05, 0.1) is 13.2 Å². The summed E-state index contributed by atoms with van der Waals surface area (Å²) in [6.07, 6.45) is 0. The Morgan fingerprint density at radius 3 is 2.44 bits per heavy atom. The highest BCUT2D eigenvalue weighted by Crippen LogP contribution is 2.19. The van der Waals surface area contributed by atoms with Gasteiger partial charge in [-0.3, -0.25) is 18.5 Å². The predicted molar refractivity (Wildman–Crippen MR) is 93.1 cm³/mol. The normalized spacial score (nSPS) is 11.2. The lowest BCUT2D eigenvalue weighted by atomic mass is 10.2. The molecule has 2 aromatic heterocycles. The summed E-state index contributed by atoms with van der Waals surface area (Å²) in [5.74, 6) is 0. The smallest absolute Gasteiger partial charge is 0.332 e. The zero-order valence-corrected chi connectivity index (χ0v) is 14.4. The maximum Gasteiger partial charge on any atom is 0.332 e. The van der Waals surface area contributed by atoms with Crippen LogP contribution < -0.4 is 16.0 Å². The quantitative estimate of drug-likeness (QED) is 0.609. The van der Waals surface area contributed by atoms with Gasteiger partial charge in [-0.05, 0) is 5.56 Å². The third kappa shape index (κ3) is 3.08. The van der Waals surface area contributed by atoms with Gasteiger partial charge in [0.2, 0.25) is 0 Å². The van der Waals surface area contributed by atoms with E-state index in [0.717, 1.165) is 10.1 Å². The second-order valence-electron chi connectivity index (χ2n) is 5.69. The van der Waals surface area contributed by atoms with E-state index in [1.807, 2.05) is 30.3 Å². The Labute approximate surface area is 143 Å². The topological polar surface area (TPSA) is 80.3 Å². The molecule has 3 rings (SSSR count). The zero-order chi connectivity index (χ0) is 18.0. The summed E-state index contributed by atoms with van der Waals surface area (Å²) >= 11 is 0. The lowest BCUT2D eigenvalue weighted by molar-refractivity contribution is 0.139. The largest absolute Gasteiger partial charge is 0.462 e. The molecule has 0 fully saturated rings. The molecule has 0 amide bonds. The number of hydrogen-bond acceptors (Lipinski definition) is 5. The van der Waals surface area contributed by atoms with Crippen molar-refractivity contribution in [3.8, 4) is 6.01 Å². The minimum atomic E-state index is -0.426. The zero-order valence-electron chi connectivity index (χ0n) is 14.4. The number of aryl methyl sites for hydroxylation is 1. The maximum atomic E-state index is 12.7. The number of ether oxygens (including phenoxy) is 2. The number of nitrogens with zero attached hydrogens (tertiary/aromatic N) is 4. The summed E-state index contributed by atoms with van der Waals surface area (Å²) < 4.78 is 14.8. The Balaban J connectivity index is 2.20. The Hall–Kier alpha value is -2.87. The number of hydrogen-bond donors (Lipinski definition) is 0. The molecule has 0 saturated heterocycles. The van der Waals surface area contributed by atoms with Gasteiger partial charge in [-0.15, -0.1) is 0 Å². The van der Waals surface area contributed by atoms with Gasteiger partial charge < -0.3 is 9.47 Å². The van der Waals surface area contributed by atoms with Crippen molar-refractivity contribution < 1.29 is 9.47 Å². The van der Waals surface area contributed by atoms with Crippen molar-refractivity contribution in [2.75, 3.05) is 20.3 Å². The fourth-order valence-corrected chi connectivity index (χ4v) is 2.67. The van der Waals surface area contributed by atoms with Crippen molar-refractivity contribution in [1.82, 2.24) is 18.7 Å². The molecular weight excluding hydrogens is 324 g/mol. The average molecular weight is 344 g/mol. The third-order valence-electron chi connectivity index (χ3n) is 4.02. The molecule has 0 unspecified atom stereocenters. The minimum Gasteiger partial charge on any atom is -0.462 e. The van der Waals surface area contributed by atoms with Gasteiger partial charge in [0.25, 0.3) is 11.6 Å². The van der Waals surface area contributed by atoms with Gasteiger partial charge in [0, 0.05) is 21.2 Å². The van der Waals surface area contributed by atoms with Crippen molar-refractivity contribution >= 4 is 11.2 Å². The van der Waals surface area contributed by atoms with Crippen molar-refractivity contribution in [3.63, 3.8) is 0 Å². The number of benzene rings is 1. The molecule has 2 heterocycles. The lowest BCUT2D eigenvalue weighted by Crippen LogP contribution is -2.37. The Kier molecular flexibility index (Phi) is 4.71. The van der Waals surface area contributed by atoms with E-state index >= 15 is 0 Å². The average Bonchev–Trinajstić information content (AvgIpc) is 2.98. The fraction of sp³-hybridized carbons (Fsp3) is 0.353. The van der Waals surface area contributed by atoms with E-state index in [9.17, 15) is 9.59 Å². The van der Waals surface area contributed by atoms with E-state index in [1.165, 1.54) is 11.6 Å². The van der Waals surface area contributed by atoms with E-state index in [0.29, 0.717) is 30.9 Å². The Morgan fingerprint density at radius 1 is 1.04 bits per heavy atom. The maximum absolute atomic E-state index is 12.7. The first kappa shape index (κ1) is 17.0. The highest BCUT2D eigenvalue weighted by Gasteiger charge is 2.20. The van der Waals surface area contributed by atoms with Crippen LogP contribution >= 0.6 is 0 Å². The van der Waals surface area contributed by atoms with E-state index in [4.69, 9.17) is 9.47 Å². The fourth-order valence-electron chi connectivity index (χ4n) is 2.67. The molecule has 8 nitrogen and oxygen atoms in total. The van der Waals surface area contributed by atoms with Crippen molar-refractivity contribution in [3.05, 3.63) is 56.7 Å². The van der Waals surface area contributed by atoms with Crippen LogP contribution in [0.3, 0.4) is 0 Å². The molecule has 3 aromatic rings. The molecule has 0 bridgehead atoms. The van der Waals surface area contributed by atoms with Crippen LogP contribution in [-0.2, 0) is 25.4 Å². The molecule has 0 aliphatic carbocycles. The highest BCUT2D eigenvalue weighted by atomic mass is 16.5. The Bertz CT molecular complexity index is 1000. The predicted octanol–water partition coefficient (Wildman–Crippen LogP) is 0.507. The molecule has 8 heteroatoms. The number of rotatable bonds is 6. The van der Waals surface area contributed by atoms with Crippen molar-refractivity contribution in [1.29, 1.82) is 0 Å². The highest BCUT2D eigenvalue weighted by molar-refractivity contribution is 5.72. The first-order valence-electron chi connectivity index (χ1n) is 7.86. The number of imidazole rings is 1. The Morgan fingerprint density at radius 2 is 1.76 bits per heavy atom. The van der Waals surface area contributed by atoms with Crippen LogP contribution in [0.15, 0.2) is 39.9 Å². The van der Waals surface area contributed by atoms with Crippen LogP contribution in [0.5, 0.6) is 6.01 Å². The van der Waals surface area contributed by atoms with Crippen LogP contribution in [0.2, 0.25) is 0 Å². The minimum absolute atomic E-state index is 0.286. The van der Waals surface area contributed by atoms with Gasteiger partial charge in [0.15, 0.2) is 11.2 Å².